The molecule has 2 heterocycles. The lowest BCUT2D eigenvalue weighted by molar-refractivity contribution is -0.126. The van der Waals surface area contributed by atoms with Crippen molar-refractivity contribution in [1.82, 2.24) is 9.80 Å². The van der Waals surface area contributed by atoms with Crippen LogP contribution in [0.3, 0.4) is 0 Å². The molecule has 0 aliphatic carbocycles. The van der Waals surface area contributed by atoms with Crippen molar-refractivity contribution < 1.29 is 14.4 Å². The van der Waals surface area contributed by atoms with E-state index in [0.717, 1.165) is 35.6 Å². The first-order valence-corrected chi connectivity index (χ1v) is 11.7. The van der Waals surface area contributed by atoms with Crippen LogP contribution in [0.15, 0.2) is 66.5 Å². The molecule has 178 valence electrons. The Morgan fingerprint density at radius 1 is 0.912 bits per heavy atom. The van der Waals surface area contributed by atoms with Gasteiger partial charge in [-0.05, 0) is 49.6 Å². The molecule has 34 heavy (non-hydrogen) atoms. The summed E-state index contributed by atoms with van der Waals surface area (Å²) in [4.78, 5) is 42.6. The van der Waals surface area contributed by atoms with E-state index in [0.29, 0.717) is 25.9 Å². The molecular formula is C27H32N4O3. The molecule has 0 unspecified atom stereocenters. The normalized spacial score (nSPS) is 17.2. The van der Waals surface area contributed by atoms with Gasteiger partial charge in [0.05, 0.1) is 5.41 Å². The van der Waals surface area contributed by atoms with Gasteiger partial charge in [0.1, 0.15) is 5.78 Å². The van der Waals surface area contributed by atoms with Crippen molar-refractivity contribution >= 4 is 29.1 Å². The molecule has 1 saturated heterocycles. The molecule has 3 amide bonds. The molecule has 1 fully saturated rings. The van der Waals surface area contributed by atoms with E-state index in [-0.39, 0.29) is 17.7 Å². The number of anilines is 2. The van der Waals surface area contributed by atoms with Crippen molar-refractivity contribution in [3.63, 3.8) is 0 Å². The Kier molecular flexibility index (Phi) is 6.72. The second-order valence-corrected chi connectivity index (χ2v) is 9.11. The van der Waals surface area contributed by atoms with Gasteiger partial charge in [-0.3, -0.25) is 9.59 Å². The number of urea groups is 1. The van der Waals surface area contributed by atoms with Crippen LogP contribution in [-0.2, 0) is 15.0 Å². The predicted molar refractivity (Wildman–Crippen MR) is 134 cm³/mol. The second kappa shape index (κ2) is 9.71. The molecule has 2 aromatic rings. The zero-order chi connectivity index (χ0) is 24.3. The van der Waals surface area contributed by atoms with Gasteiger partial charge < -0.3 is 20.0 Å². The van der Waals surface area contributed by atoms with Crippen molar-refractivity contribution in [2.24, 2.45) is 0 Å². The Hall–Kier alpha value is -3.61. The Labute approximate surface area is 201 Å². The van der Waals surface area contributed by atoms with Gasteiger partial charge in [-0.25, -0.2) is 4.79 Å². The van der Waals surface area contributed by atoms with E-state index >= 15 is 0 Å². The molecule has 0 spiro atoms. The van der Waals surface area contributed by atoms with Crippen LogP contribution in [0.2, 0.25) is 0 Å². The highest BCUT2D eigenvalue weighted by molar-refractivity contribution is 5.91. The largest absolute Gasteiger partial charge is 0.346 e. The summed E-state index contributed by atoms with van der Waals surface area (Å²) in [5, 5.41) is 2.98. The zero-order valence-corrected chi connectivity index (χ0v) is 20.1. The predicted octanol–water partition coefficient (Wildman–Crippen LogP) is 4.37. The number of rotatable bonds is 5. The van der Waals surface area contributed by atoms with E-state index in [9.17, 15) is 14.4 Å². The Bertz CT molecular complexity index is 1090. The van der Waals surface area contributed by atoms with Crippen LogP contribution in [0.25, 0.3) is 0 Å². The molecule has 0 saturated carbocycles. The fourth-order valence-corrected chi connectivity index (χ4v) is 4.84. The number of piperidine rings is 1. The van der Waals surface area contributed by atoms with Gasteiger partial charge in [-0.15, -0.1) is 0 Å². The maximum atomic E-state index is 12.9. The Morgan fingerprint density at radius 2 is 1.56 bits per heavy atom. The molecular weight excluding hydrogens is 428 g/mol. The molecule has 0 bridgehead atoms. The molecule has 2 aromatic carbocycles. The van der Waals surface area contributed by atoms with Crippen LogP contribution < -0.4 is 10.2 Å². The highest BCUT2D eigenvalue weighted by atomic mass is 16.2. The summed E-state index contributed by atoms with van der Waals surface area (Å²) >= 11 is 0. The van der Waals surface area contributed by atoms with E-state index in [1.807, 2.05) is 60.8 Å². The molecule has 4 rings (SSSR count). The summed E-state index contributed by atoms with van der Waals surface area (Å²) in [6.45, 7) is 5.09. The molecule has 0 radical (unpaired) electrons. The summed E-state index contributed by atoms with van der Waals surface area (Å²) in [6.07, 6.45) is 4.05. The third kappa shape index (κ3) is 4.69. The van der Waals surface area contributed by atoms with Gasteiger partial charge in [0, 0.05) is 63.3 Å². The van der Waals surface area contributed by atoms with E-state index in [1.54, 1.807) is 30.7 Å². The number of amides is 3. The number of nitrogens with zero attached hydrogens (tertiary/aromatic N) is 3. The summed E-state index contributed by atoms with van der Waals surface area (Å²) < 4.78 is 0. The van der Waals surface area contributed by atoms with Crippen LogP contribution in [0.5, 0.6) is 0 Å². The van der Waals surface area contributed by atoms with Crippen molar-refractivity contribution in [1.29, 1.82) is 0 Å². The first-order chi connectivity index (χ1) is 16.3. The number of likely N-dealkylation sites (tertiary alicyclic amines) is 1. The summed E-state index contributed by atoms with van der Waals surface area (Å²) in [5.74, 6) is 0.177. The third-order valence-electron chi connectivity index (χ3n) is 7.17. The molecule has 7 heteroatoms. The molecule has 0 atom stereocenters. The van der Waals surface area contributed by atoms with Crippen LogP contribution >= 0.6 is 0 Å². The van der Waals surface area contributed by atoms with Crippen molar-refractivity contribution in [3.8, 4) is 0 Å². The number of carbonyl (C=O) groups is 3. The second-order valence-electron chi connectivity index (χ2n) is 9.11. The number of hydrogen-bond donors (Lipinski definition) is 1. The topological polar surface area (TPSA) is 73.0 Å². The quantitative estimate of drug-likeness (QED) is 0.719. The molecule has 2 aliphatic heterocycles. The summed E-state index contributed by atoms with van der Waals surface area (Å²) in [5.41, 5.74) is 3.25. The number of hydrogen-bond acceptors (Lipinski definition) is 4. The van der Waals surface area contributed by atoms with Gasteiger partial charge >= 0.3 is 6.03 Å². The first-order valence-electron chi connectivity index (χ1n) is 11.7. The fraction of sp³-hybridized carbons (Fsp3) is 0.370. The summed E-state index contributed by atoms with van der Waals surface area (Å²) in [7, 11) is 1.79. The van der Waals surface area contributed by atoms with Crippen molar-refractivity contribution in [2.45, 2.75) is 38.5 Å². The van der Waals surface area contributed by atoms with Crippen LogP contribution in [-0.4, -0.2) is 54.2 Å². The maximum absolute atomic E-state index is 12.9. The maximum Gasteiger partial charge on any atom is 0.321 e. The lowest BCUT2D eigenvalue weighted by Crippen LogP contribution is -2.49. The number of Topliss-reactive ketones (excluding diaryl/α,β-unsaturated/α-hetero) is 1. The highest BCUT2D eigenvalue weighted by Crippen LogP contribution is 2.36. The van der Waals surface area contributed by atoms with Crippen LogP contribution in [0.4, 0.5) is 16.2 Å². The lowest BCUT2D eigenvalue weighted by Gasteiger charge is -2.40. The van der Waals surface area contributed by atoms with Crippen molar-refractivity contribution in [3.05, 3.63) is 72.1 Å². The number of benzene rings is 2. The van der Waals surface area contributed by atoms with E-state index in [1.165, 1.54) is 0 Å². The van der Waals surface area contributed by atoms with Crippen LogP contribution in [0.1, 0.15) is 38.7 Å². The molecule has 2 aliphatic rings. The highest BCUT2D eigenvalue weighted by Gasteiger charge is 2.41. The van der Waals surface area contributed by atoms with Crippen molar-refractivity contribution in [2.75, 3.05) is 36.9 Å². The van der Waals surface area contributed by atoms with Gasteiger partial charge in [-0.1, -0.05) is 30.3 Å². The van der Waals surface area contributed by atoms with Gasteiger partial charge in [0.15, 0.2) is 0 Å². The van der Waals surface area contributed by atoms with Crippen LogP contribution in [0, 0.1) is 0 Å². The van der Waals surface area contributed by atoms with E-state index < -0.39 is 5.41 Å². The fourth-order valence-electron chi connectivity index (χ4n) is 4.84. The molecule has 1 N–H and O–H groups in total. The van der Waals surface area contributed by atoms with E-state index in [4.69, 9.17) is 0 Å². The molecule has 7 nitrogen and oxygen atoms in total. The number of carbonyl (C=O) groups excluding carboxylic acids is 3. The van der Waals surface area contributed by atoms with Gasteiger partial charge in [0.25, 0.3) is 0 Å². The van der Waals surface area contributed by atoms with Gasteiger partial charge in [-0.2, -0.15) is 0 Å². The standard InChI is InChI=1S/C27H32N4O3/c1-20(32)27(22-7-5-4-6-8-22)14-17-30(18-15-27)26(34)28-23-9-11-24(12-10-23)31-16-13-25(19-31)29(3)21(2)33/h4-12,19H,13-18H2,1-3H3,(H,28,34). The molecule has 0 aromatic heterocycles. The minimum atomic E-state index is -0.516. The first kappa shape index (κ1) is 23.5. The number of nitrogens with one attached hydrogen (secondary N) is 1. The zero-order valence-electron chi connectivity index (χ0n) is 20.1. The summed E-state index contributed by atoms with van der Waals surface area (Å²) in [6, 6.07) is 17.5. The smallest absolute Gasteiger partial charge is 0.321 e. The lowest BCUT2D eigenvalue weighted by atomic mass is 9.70. The SMILES string of the molecule is CC(=O)N(C)C1=CN(c2ccc(NC(=O)N3CCC(C(C)=O)(c4ccccc4)CC3)cc2)CC1. The van der Waals surface area contributed by atoms with Gasteiger partial charge in [0.2, 0.25) is 5.91 Å². The third-order valence-corrected chi connectivity index (χ3v) is 7.17. The Morgan fingerprint density at radius 3 is 2.15 bits per heavy atom. The average Bonchev–Trinajstić information content (AvgIpc) is 3.34. The average molecular weight is 461 g/mol. The minimum Gasteiger partial charge on any atom is -0.346 e. The monoisotopic (exact) mass is 460 g/mol. The minimum absolute atomic E-state index is 0.0215. The number of ketones is 1. The van der Waals surface area contributed by atoms with E-state index in [2.05, 4.69) is 10.2 Å². The Balaban J connectivity index is 1.36.